The van der Waals surface area contributed by atoms with Gasteiger partial charge in [-0.1, -0.05) is 97.9 Å². The van der Waals surface area contributed by atoms with Gasteiger partial charge in [-0.3, -0.25) is 4.79 Å². The zero-order chi connectivity index (χ0) is 23.4. The van der Waals surface area contributed by atoms with Crippen LogP contribution in [0.2, 0.25) is 0 Å². The second-order valence-corrected chi connectivity index (χ2v) is 5.64. The number of nitrogens with zero attached hydrogens (tertiary/aromatic N) is 2. The van der Waals surface area contributed by atoms with Gasteiger partial charge in [-0.2, -0.15) is 0 Å². The number of benzene rings is 2. The molecule has 0 atom stereocenters. The van der Waals surface area contributed by atoms with E-state index in [9.17, 15) is 4.79 Å². The van der Waals surface area contributed by atoms with Crippen molar-refractivity contribution in [1.29, 1.82) is 0 Å². The molecule has 0 saturated heterocycles. The van der Waals surface area contributed by atoms with Crippen molar-refractivity contribution in [2.24, 2.45) is 0 Å². The fourth-order valence-electron chi connectivity index (χ4n) is 2.41. The number of hydrogen-bond donors (Lipinski definition) is 0. The highest BCUT2D eigenvalue weighted by Crippen LogP contribution is 2.28. The summed E-state index contributed by atoms with van der Waals surface area (Å²) in [5, 5.41) is 0. The van der Waals surface area contributed by atoms with Crippen molar-refractivity contribution in [2.75, 3.05) is 28.2 Å². The van der Waals surface area contributed by atoms with Crippen LogP contribution in [0.15, 0.2) is 48.5 Å². The fourth-order valence-corrected chi connectivity index (χ4v) is 2.41. The van der Waals surface area contributed by atoms with Gasteiger partial charge in [-0.15, -0.1) is 0 Å². The largest absolute Gasteiger partial charge is 0.345 e. The van der Waals surface area contributed by atoms with E-state index in [0.717, 1.165) is 23.2 Å². The average molecular weight is 403 g/mol. The van der Waals surface area contributed by atoms with Gasteiger partial charge < -0.3 is 9.80 Å². The molecule has 3 nitrogen and oxygen atoms in total. The highest BCUT2D eigenvalue weighted by Gasteiger charge is 2.15. The summed E-state index contributed by atoms with van der Waals surface area (Å²) in [6.07, 6.45) is 0. The van der Waals surface area contributed by atoms with Gasteiger partial charge in [0.15, 0.2) is 0 Å². The van der Waals surface area contributed by atoms with Crippen LogP contribution >= 0.6 is 0 Å². The van der Waals surface area contributed by atoms with Crippen molar-refractivity contribution >= 4 is 5.91 Å². The highest BCUT2D eigenvalue weighted by atomic mass is 16.2. The minimum Gasteiger partial charge on any atom is -0.345 e. The van der Waals surface area contributed by atoms with Gasteiger partial charge in [0.1, 0.15) is 0 Å². The Kier molecular flexibility index (Phi) is 22.4. The molecule has 3 heteroatoms. The van der Waals surface area contributed by atoms with Crippen LogP contribution < -0.4 is 0 Å². The molecule has 0 unspecified atom stereocenters. The Hall–Kier alpha value is -2.13. The lowest BCUT2D eigenvalue weighted by Crippen LogP contribution is -2.22. The van der Waals surface area contributed by atoms with Crippen LogP contribution in [0.1, 0.15) is 71.3 Å². The summed E-state index contributed by atoms with van der Waals surface area (Å²) in [5.41, 5.74) is 4.08. The van der Waals surface area contributed by atoms with Crippen LogP contribution in [-0.4, -0.2) is 43.9 Å². The first-order chi connectivity index (χ1) is 14.0. The normalized spacial score (nSPS) is 8.59. The second-order valence-electron chi connectivity index (χ2n) is 5.64. The lowest BCUT2D eigenvalue weighted by atomic mass is 9.94. The van der Waals surface area contributed by atoms with E-state index >= 15 is 0 Å². The summed E-state index contributed by atoms with van der Waals surface area (Å²) in [5.74, 6) is 0.0326. The molecule has 0 fully saturated rings. The molecular formula is C26H46N2O. The highest BCUT2D eigenvalue weighted by molar-refractivity contribution is 6.00. The summed E-state index contributed by atoms with van der Waals surface area (Å²) in [7, 11) is 7.66. The average Bonchev–Trinajstić information content (AvgIpc) is 2.79. The van der Waals surface area contributed by atoms with E-state index in [1.807, 2.05) is 106 Å². The molecule has 1 amide bonds. The third kappa shape index (κ3) is 11.5. The first-order valence-corrected chi connectivity index (χ1v) is 11.0. The summed E-state index contributed by atoms with van der Waals surface area (Å²) in [6, 6.07) is 16.1. The number of hydrogen-bond acceptors (Lipinski definition) is 2. The molecule has 0 heterocycles. The Morgan fingerprint density at radius 2 is 1.07 bits per heavy atom. The fraction of sp³-hybridized carbons (Fsp3) is 0.500. The van der Waals surface area contributed by atoms with Gasteiger partial charge in [0.05, 0.1) is 0 Å². The van der Waals surface area contributed by atoms with Crippen LogP contribution in [0.25, 0.3) is 11.1 Å². The van der Waals surface area contributed by atoms with Crippen molar-refractivity contribution in [3.05, 3.63) is 59.7 Å². The molecule has 0 radical (unpaired) electrons. The van der Waals surface area contributed by atoms with Crippen molar-refractivity contribution in [2.45, 2.75) is 61.9 Å². The number of carbonyl (C=O) groups excluding carboxylic acids is 1. The van der Waals surface area contributed by atoms with E-state index in [1.54, 1.807) is 19.0 Å². The van der Waals surface area contributed by atoms with Crippen molar-refractivity contribution < 1.29 is 4.79 Å². The molecule has 2 aromatic carbocycles. The zero-order valence-corrected chi connectivity index (χ0v) is 21.1. The topological polar surface area (TPSA) is 23.6 Å². The minimum atomic E-state index is 0.0326. The van der Waals surface area contributed by atoms with E-state index in [2.05, 4.69) is 17.0 Å². The maximum absolute atomic E-state index is 12.4. The van der Waals surface area contributed by atoms with Gasteiger partial charge in [0.25, 0.3) is 5.91 Å². The first-order valence-electron chi connectivity index (χ1n) is 11.0. The van der Waals surface area contributed by atoms with Gasteiger partial charge in [-0.25, -0.2) is 0 Å². The van der Waals surface area contributed by atoms with E-state index in [-0.39, 0.29) is 5.91 Å². The molecular weight excluding hydrogens is 356 g/mol. The molecule has 0 N–H and O–H groups in total. The maximum atomic E-state index is 12.4. The quantitative estimate of drug-likeness (QED) is 0.539. The van der Waals surface area contributed by atoms with Gasteiger partial charge in [0, 0.05) is 26.2 Å². The van der Waals surface area contributed by atoms with Crippen molar-refractivity contribution in [3.63, 3.8) is 0 Å². The Morgan fingerprint density at radius 1 is 0.655 bits per heavy atom. The molecule has 0 saturated carbocycles. The SMILES string of the molecule is CC.CC.CC.CC.CN(C)Cc1ccccc1-c1ccccc1C(=O)N(C)C. The van der Waals surface area contributed by atoms with Gasteiger partial charge in [-0.05, 0) is 36.9 Å². The molecule has 0 aliphatic rings. The summed E-state index contributed by atoms with van der Waals surface area (Å²) < 4.78 is 0. The third-order valence-corrected chi connectivity index (χ3v) is 3.36. The van der Waals surface area contributed by atoms with E-state index in [0.29, 0.717) is 0 Å². The molecule has 0 bridgehead atoms. The van der Waals surface area contributed by atoms with Crippen molar-refractivity contribution in [1.82, 2.24) is 9.80 Å². The molecule has 0 aliphatic heterocycles. The number of amides is 1. The van der Waals surface area contributed by atoms with Crippen LogP contribution in [-0.2, 0) is 6.54 Å². The van der Waals surface area contributed by atoms with Crippen LogP contribution in [0, 0.1) is 0 Å². The molecule has 0 aromatic heterocycles. The zero-order valence-electron chi connectivity index (χ0n) is 21.1. The lowest BCUT2D eigenvalue weighted by Gasteiger charge is -2.18. The Bertz CT molecular complexity index is 634. The Morgan fingerprint density at radius 3 is 1.52 bits per heavy atom. The summed E-state index contributed by atoms with van der Waals surface area (Å²) in [6.45, 7) is 16.8. The molecule has 29 heavy (non-hydrogen) atoms. The number of rotatable bonds is 4. The smallest absolute Gasteiger partial charge is 0.253 e. The van der Waals surface area contributed by atoms with Crippen LogP contribution in [0.4, 0.5) is 0 Å². The summed E-state index contributed by atoms with van der Waals surface area (Å²) in [4.78, 5) is 16.1. The van der Waals surface area contributed by atoms with E-state index in [4.69, 9.17) is 0 Å². The molecule has 166 valence electrons. The molecule has 2 rings (SSSR count). The van der Waals surface area contributed by atoms with Crippen LogP contribution in [0.3, 0.4) is 0 Å². The molecule has 2 aromatic rings. The number of carbonyl (C=O) groups is 1. The van der Waals surface area contributed by atoms with E-state index < -0.39 is 0 Å². The van der Waals surface area contributed by atoms with Crippen molar-refractivity contribution in [3.8, 4) is 11.1 Å². The minimum absolute atomic E-state index is 0.0326. The molecule has 0 aliphatic carbocycles. The monoisotopic (exact) mass is 402 g/mol. The first kappa shape index (κ1) is 31.6. The summed E-state index contributed by atoms with van der Waals surface area (Å²) >= 11 is 0. The lowest BCUT2D eigenvalue weighted by molar-refractivity contribution is 0.0828. The Balaban J connectivity index is -0.000000754. The van der Waals surface area contributed by atoms with Gasteiger partial charge in [0.2, 0.25) is 0 Å². The predicted octanol–water partition coefficient (Wildman–Crippen LogP) is 7.22. The predicted molar refractivity (Wildman–Crippen MR) is 133 cm³/mol. The second kappa shape index (κ2) is 20.6. The standard InChI is InChI=1S/C18H22N2O.4C2H6/c1-19(2)13-14-9-5-6-10-15(14)16-11-7-8-12-17(16)18(21)20(3)4;4*1-2/h5-12H,13H2,1-4H3;4*1-2H3. The van der Waals surface area contributed by atoms with Crippen LogP contribution in [0.5, 0.6) is 0 Å². The maximum Gasteiger partial charge on any atom is 0.253 e. The third-order valence-electron chi connectivity index (χ3n) is 3.36. The van der Waals surface area contributed by atoms with E-state index in [1.165, 1.54) is 5.56 Å². The van der Waals surface area contributed by atoms with Gasteiger partial charge >= 0.3 is 0 Å². The molecule has 0 spiro atoms. The Labute approximate surface area is 181 Å².